The third kappa shape index (κ3) is 3.34. The van der Waals surface area contributed by atoms with Crippen LogP contribution in [0.15, 0.2) is 11.3 Å². The van der Waals surface area contributed by atoms with Crippen LogP contribution in [-0.2, 0) is 4.79 Å². The van der Waals surface area contributed by atoms with Gasteiger partial charge in [0.25, 0.3) is 5.91 Å². The maximum absolute atomic E-state index is 11.8. The Morgan fingerprint density at radius 2 is 1.94 bits per heavy atom. The largest absolute Gasteiger partial charge is 0.512 e. The molecule has 0 aromatic rings. The summed E-state index contributed by atoms with van der Waals surface area (Å²) in [5.74, 6) is -0.446. The third-order valence-electron chi connectivity index (χ3n) is 2.64. The highest BCUT2D eigenvalue weighted by atomic mass is 16.3. The molecule has 0 aliphatic carbocycles. The number of carbonyl (C=O) groups is 1. The Balaban J connectivity index is 2.62. The van der Waals surface area contributed by atoms with Crippen LogP contribution >= 0.6 is 0 Å². The van der Waals surface area contributed by atoms with Crippen LogP contribution in [-0.4, -0.2) is 35.9 Å². The monoisotopic (exact) mass is 225 g/mol. The molecule has 0 saturated carbocycles. The van der Waals surface area contributed by atoms with E-state index >= 15 is 0 Å². The number of piperidine rings is 1. The molecule has 0 bridgehead atoms. The summed E-state index contributed by atoms with van der Waals surface area (Å²) in [6.45, 7) is 4.71. The summed E-state index contributed by atoms with van der Waals surface area (Å²) < 4.78 is 0. The standard InChI is InChI=1S/C11H19N3O2/c1-7(12)10(8(2)15)11(16)14-9-3-5-13-6-4-9/h9,12-13,15H,3-6H2,1-2H3,(H,14,16)/b10-8+,12-7?. The number of aliphatic hydroxyl groups is 1. The highest BCUT2D eigenvalue weighted by molar-refractivity contribution is 6.19. The smallest absolute Gasteiger partial charge is 0.256 e. The first kappa shape index (κ1) is 12.7. The third-order valence-corrected chi connectivity index (χ3v) is 2.64. The zero-order valence-electron chi connectivity index (χ0n) is 9.76. The van der Waals surface area contributed by atoms with E-state index in [9.17, 15) is 9.90 Å². The lowest BCUT2D eigenvalue weighted by molar-refractivity contribution is -0.118. The van der Waals surface area contributed by atoms with Gasteiger partial charge in [-0.05, 0) is 39.8 Å². The predicted octanol–water partition coefficient (Wildman–Crippen LogP) is 0.726. The molecule has 1 aliphatic heterocycles. The molecule has 0 aromatic carbocycles. The molecule has 1 fully saturated rings. The molecule has 5 nitrogen and oxygen atoms in total. The van der Waals surface area contributed by atoms with Crippen molar-refractivity contribution in [1.82, 2.24) is 10.6 Å². The highest BCUT2D eigenvalue weighted by Crippen LogP contribution is 2.07. The molecule has 0 aromatic heterocycles. The number of hydrogen-bond donors (Lipinski definition) is 4. The van der Waals surface area contributed by atoms with Crippen LogP contribution in [0, 0.1) is 5.41 Å². The van der Waals surface area contributed by atoms with Gasteiger partial charge in [0, 0.05) is 11.8 Å². The molecular weight excluding hydrogens is 206 g/mol. The maximum Gasteiger partial charge on any atom is 0.256 e. The van der Waals surface area contributed by atoms with Crippen molar-refractivity contribution in [3.8, 4) is 0 Å². The number of nitrogens with one attached hydrogen (secondary N) is 3. The summed E-state index contributed by atoms with van der Waals surface area (Å²) in [7, 11) is 0. The minimum Gasteiger partial charge on any atom is -0.512 e. The van der Waals surface area contributed by atoms with Gasteiger partial charge in [0.15, 0.2) is 0 Å². The van der Waals surface area contributed by atoms with Crippen molar-refractivity contribution in [3.05, 3.63) is 11.3 Å². The van der Waals surface area contributed by atoms with Crippen molar-refractivity contribution in [1.29, 1.82) is 5.41 Å². The van der Waals surface area contributed by atoms with Gasteiger partial charge >= 0.3 is 0 Å². The van der Waals surface area contributed by atoms with Gasteiger partial charge in [0.1, 0.15) is 5.76 Å². The molecule has 0 unspecified atom stereocenters. The quantitative estimate of drug-likeness (QED) is 0.324. The molecule has 16 heavy (non-hydrogen) atoms. The Bertz CT molecular complexity index is 313. The number of carbonyl (C=O) groups excluding carboxylic acids is 1. The maximum atomic E-state index is 11.8. The average Bonchev–Trinajstić information content (AvgIpc) is 2.17. The molecule has 0 spiro atoms. The van der Waals surface area contributed by atoms with Crippen molar-refractivity contribution >= 4 is 11.6 Å². The Kier molecular flexibility index (Phi) is 4.49. The number of rotatable bonds is 3. The van der Waals surface area contributed by atoms with Crippen LogP contribution in [0.2, 0.25) is 0 Å². The van der Waals surface area contributed by atoms with Crippen molar-refractivity contribution in [2.75, 3.05) is 13.1 Å². The molecule has 1 amide bonds. The first-order valence-electron chi connectivity index (χ1n) is 5.49. The number of amides is 1. The zero-order valence-corrected chi connectivity index (χ0v) is 9.76. The summed E-state index contributed by atoms with van der Waals surface area (Å²) in [6.07, 6.45) is 1.78. The Morgan fingerprint density at radius 3 is 2.38 bits per heavy atom. The second-order valence-corrected chi connectivity index (χ2v) is 4.08. The molecule has 1 rings (SSSR count). The minimum absolute atomic E-state index is 0.0820. The number of hydrogen-bond acceptors (Lipinski definition) is 4. The van der Waals surface area contributed by atoms with Gasteiger partial charge in [-0.1, -0.05) is 0 Å². The second kappa shape index (κ2) is 5.65. The van der Waals surface area contributed by atoms with Crippen molar-refractivity contribution in [2.24, 2.45) is 0 Å². The van der Waals surface area contributed by atoms with Crippen molar-refractivity contribution in [2.45, 2.75) is 32.7 Å². The van der Waals surface area contributed by atoms with Crippen LogP contribution in [0.3, 0.4) is 0 Å². The summed E-state index contributed by atoms with van der Waals surface area (Å²) in [5, 5.41) is 22.8. The van der Waals surface area contributed by atoms with Crippen molar-refractivity contribution in [3.63, 3.8) is 0 Å². The molecule has 5 heteroatoms. The Hall–Kier alpha value is -1.36. The number of aliphatic hydroxyl groups excluding tert-OH is 1. The first-order chi connectivity index (χ1) is 7.52. The van der Waals surface area contributed by atoms with E-state index in [-0.39, 0.29) is 29.0 Å². The molecule has 0 radical (unpaired) electrons. The van der Waals surface area contributed by atoms with Crippen LogP contribution < -0.4 is 10.6 Å². The Labute approximate surface area is 95.4 Å². The van der Waals surface area contributed by atoms with Gasteiger partial charge in [-0.2, -0.15) is 0 Å². The lowest BCUT2D eigenvalue weighted by Crippen LogP contribution is -2.44. The fourth-order valence-electron chi connectivity index (χ4n) is 1.83. The predicted molar refractivity (Wildman–Crippen MR) is 62.8 cm³/mol. The SMILES string of the molecule is CC(=N)/C(C(=O)NC1CCNCC1)=C(/C)O. The van der Waals surface area contributed by atoms with Gasteiger partial charge in [-0.3, -0.25) is 4.79 Å². The van der Waals surface area contributed by atoms with Crippen LogP contribution in [0.25, 0.3) is 0 Å². The van der Waals surface area contributed by atoms with Crippen LogP contribution in [0.4, 0.5) is 0 Å². The molecular formula is C11H19N3O2. The molecule has 0 atom stereocenters. The van der Waals surface area contributed by atoms with E-state index in [2.05, 4.69) is 10.6 Å². The van der Waals surface area contributed by atoms with E-state index in [1.807, 2.05) is 0 Å². The van der Waals surface area contributed by atoms with E-state index in [0.717, 1.165) is 25.9 Å². The summed E-state index contributed by atoms with van der Waals surface area (Å²) >= 11 is 0. The number of allylic oxidation sites excluding steroid dienone is 1. The van der Waals surface area contributed by atoms with E-state index in [1.54, 1.807) is 0 Å². The molecule has 1 heterocycles. The Morgan fingerprint density at radius 1 is 1.38 bits per heavy atom. The van der Waals surface area contributed by atoms with Gasteiger partial charge < -0.3 is 21.1 Å². The van der Waals surface area contributed by atoms with Crippen LogP contribution in [0.5, 0.6) is 0 Å². The van der Waals surface area contributed by atoms with Gasteiger partial charge in [-0.15, -0.1) is 0 Å². The molecule has 4 N–H and O–H groups in total. The van der Waals surface area contributed by atoms with Crippen molar-refractivity contribution < 1.29 is 9.90 Å². The van der Waals surface area contributed by atoms with Gasteiger partial charge in [0.2, 0.25) is 0 Å². The zero-order chi connectivity index (χ0) is 12.1. The summed E-state index contributed by atoms with van der Waals surface area (Å²) in [4.78, 5) is 11.8. The lowest BCUT2D eigenvalue weighted by atomic mass is 10.0. The van der Waals surface area contributed by atoms with Gasteiger partial charge in [-0.25, -0.2) is 0 Å². The van der Waals surface area contributed by atoms with E-state index in [0.29, 0.717) is 0 Å². The summed E-state index contributed by atoms with van der Waals surface area (Å²) in [5.41, 5.74) is 0.171. The topological polar surface area (TPSA) is 85.2 Å². The normalized spacial score (nSPS) is 18.9. The second-order valence-electron chi connectivity index (χ2n) is 4.08. The van der Waals surface area contributed by atoms with E-state index in [1.165, 1.54) is 13.8 Å². The molecule has 90 valence electrons. The van der Waals surface area contributed by atoms with E-state index in [4.69, 9.17) is 5.41 Å². The minimum atomic E-state index is -0.348. The molecule has 1 saturated heterocycles. The average molecular weight is 225 g/mol. The first-order valence-corrected chi connectivity index (χ1v) is 5.49. The fourth-order valence-corrected chi connectivity index (χ4v) is 1.83. The van der Waals surface area contributed by atoms with E-state index < -0.39 is 0 Å². The lowest BCUT2D eigenvalue weighted by Gasteiger charge is -2.24. The molecule has 1 aliphatic rings. The van der Waals surface area contributed by atoms with Crippen LogP contribution in [0.1, 0.15) is 26.7 Å². The van der Waals surface area contributed by atoms with Gasteiger partial charge in [0.05, 0.1) is 5.57 Å². The highest BCUT2D eigenvalue weighted by Gasteiger charge is 2.20. The summed E-state index contributed by atoms with van der Waals surface area (Å²) in [6, 6.07) is 0.141. The fraction of sp³-hybridized carbons (Fsp3) is 0.636.